The van der Waals surface area contributed by atoms with Crippen LogP contribution in [0.25, 0.3) is 0 Å². The number of hydrogen-bond acceptors (Lipinski definition) is 2. The molecule has 2 unspecified atom stereocenters. The molecule has 1 aromatic rings. The van der Waals surface area contributed by atoms with Crippen LogP contribution < -0.4 is 10.1 Å². The highest BCUT2D eigenvalue weighted by molar-refractivity contribution is 5.29. The Morgan fingerprint density at radius 3 is 2.57 bits per heavy atom. The van der Waals surface area contributed by atoms with E-state index in [1.165, 1.54) is 37.7 Å². The van der Waals surface area contributed by atoms with E-state index in [1.807, 2.05) is 6.07 Å². The Bertz CT molecular complexity index is 378. The van der Waals surface area contributed by atoms with Crippen molar-refractivity contribution < 1.29 is 4.74 Å². The second-order valence-electron chi connectivity index (χ2n) is 5.93. The molecule has 0 fully saturated rings. The molecule has 0 aromatic heterocycles. The largest absolute Gasteiger partial charge is 0.497 e. The van der Waals surface area contributed by atoms with Crippen molar-refractivity contribution in [3.63, 3.8) is 0 Å². The highest BCUT2D eigenvalue weighted by Crippen LogP contribution is 2.22. The van der Waals surface area contributed by atoms with Crippen molar-refractivity contribution in [3.05, 3.63) is 29.8 Å². The first-order valence-electron chi connectivity index (χ1n) is 8.61. The Morgan fingerprint density at radius 2 is 1.95 bits per heavy atom. The van der Waals surface area contributed by atoms with E-state index in [4.69, 9.17) is 4.74 Å². The molecule has 0 amide bonds. The van der Waals surface area contributed by atoms with Crippen molar-refractivity contribution in [2.45, 2.75) is 65.3 Å². The standard InChI is InChI=1S/C19H33NO/c1-5-8-11-17(7-3)19(20-13-6-2)15-16-10-9-12-18(14-16)21-4/h9-10,12,14,17,19-20H,5-8,11,13,15H2,1-4H3. The molecule has 0 bridgehead atoms. The number of benzene rings is 1. The van der Waals surface area contributed by atoms with Gasteiger partial charge in [-0.1, -0.05) is 52.2 Å². The molecule has 0 spiro atoms. The van der Waals surface area contributed by atoms with Crippen LogP contribution in [0.3, 0.4) is 0 Å². The van der Waals surface area contributed by atoms with E-state index in [0.29, 0.717) is 6.04 Å². The molecule has 2 nitrogen and oxygen atoms in total. The summed E-state index contributed by atoms with van der Waals surface area (Å²) in [5.74, 6) is 1.73. The number of rotatable bonds is 11. The van der Waals surface area contributed by atoms with E-state index in [-0.39, 0.29) is 0 Å². The third-order valence-corrected chi connectivity index (χ3v) is 4.27. The van der Waals surface area contributed by atoms with Crippen LogP contribution in [0.4, 0.5) is 0 Å². The normalized spacial score (nSPS) is 13.9. The Labute approximate surface area is 131 Å². The molecule has 0 aliphatic heterocycles. The van der Waals surface area contributed by atoms with E-state index >= 15 is 0 Å². The zero-order valence-corrected chi connectivity index (χ0v) is 14.3. The highest BCUT2D eigenvalue weighted by Gasteiger charge is 2.19. The maximum atomic E-state index is 5.35. The Hall–Kier alpha value is -1.02. The summed E-state index contributed by atoms with van der Waals surface area (Å²) in [6, 6.07) is 9.08. The SMILES string of the molecule is CCCCC(CC)C(Cc1cccc(OC)c1)NCCC. The van der Waals surface area contributed by atoms with E-state index in [9.17, 15) is 0 Å². The van der Waals surface area contributed by atoms with Gasteiger partial charge in [0, 0.05) is 6.04 Å². The van der Waals surface area contributed by atoms with Crippen molar-refractivity contribution in [3.8, 4) is 5.75 Å². The molecule has 0 saturated heterocycles. The molecule has 0 aliphatic rings. The molecule has 0 radical (unpaired) electrons. The molecule has 0 heterocycles. The minimum atomic E-state index is 0.577. The molecule has 0 saturated carbocycles. The summed E-state index contributed by atoms with van der Waals surface area (Å²) in [6.45, 7) is 7.95. The molecular weight excluding hydrogens is 258 g/mol. The third-order valence-electron chi connectivity index (χ3n) is 4.27. The molecule has 120 valence electrons. The van der Waals surface area contributed by atoms with Crippen LogP contribution in [0.1, 0.15) is 58.4 Å². The molecule has 0 aliphatic carbocycles. The van der Waals surface area contributed by atoms with E-state index in [0.717, 1.165) is 24.6 Å². The monoisotopic (exact) mass is 291 g/mol. The van der Waals surface area contributed by atoms with Gasteiger partial charge in [0.1, 0.15) is 5.75 Å². The Morgan fingerprint density at radius 1 is 1.14 bits per heavy atom. The van der Waals surface area contributed by atoms with E-state index in [1.54, 1.807) is 7.11 Å². The smallest absolute Gasteiger partial charge is 0.119 e. The van der Waals surface area contributed by atoms with Crippen molar-refractivity contribution in [1.82, 2.24) is 5.32 Å². The minimum Gasteiger partial charge on any atom is -0.497 e. The lowest BCUT2D eigenvalue weighted by Crippen LogP contribution is -2.38. The lowest BCUT2D eigenvalue weighted by Gasteiger charge is -2.28. The van der Waals surface area contributed by atoms with Gasteiger partial charge >= 0.3 is 0 Å². The molecule has 2 heteroatoms. The highest BCUT2D eigenvalue weighted by atomic mass is 16.5. The summed E-state index contributed by atoms with van der Waals surface area (Å²) >= 11 is 0. The Kier molecular flexibility index (Phi) is 9.16. The maximum Gasteiger partial charge on any atom is 0.119 e. The van der Waals surface area contributed by atoms with Gasteiger partial charge in [0.2, 0.25) is 0 Å². The zero-order chi connectivity index (χ0) is 15.5. The van der Waals surface area contributed by atoms with Gasteiger partial charge in [-0.05, 0) is 49.4 Å². The summed E-state index contributed by atoms with van der Waals surface area (Å²) in [7, 11) is 1.74. The number of ether oxygens (including phenoxy) is 1. The number of methoxy groups -OCH3 is 1. The van der Waals surface area contributed by atoms with Crippen molar-refractivity contribution in [2.24, 2.45) is 5.92 Å². The van der Waals surface area contributed by atoms with Gasteiger partial charge in [-0.2, -0.15) is 0 Å². The van der Waals surface area contributed by atoms with Gasteiger partial charge in [0.15, 0.2) is 0 Å². The van der Waals surface area contributed by atoms with Gasteiger partial charge in [-0.15, -0.1) is 0 Å². The van der Waals surface area contributed by atoms with Crippen molar-refractivity contribution in [1.29, 1.82) is 0 Å². The minimum absolute atomic E-state index is 0.577. The van der Waals surface area contributed by atoms with Gasteiger partial charge in [-0.3, -0.25) is 0 Å². The van der Waals surface area contributed by atoms with Crippen LogP contribution >= 0.6 is 0 Å². The van der Waals surface area contributed by atoms with Crippen LogP contribution in [0.15, 0.2) is 24.3 Å². The summed E-state index contributed by atoms with van der Waals surface area (Å²) in [6.07, 6.45) is 7.50. The third kappa shape index (κ3) is 6.52. The predicted octanol–water partition coefficient (Wildman–Crippen LogP) is 4.82. The Balaban J connectivity index is 2.74. The topological polar surface area (TPSA) is 21.3 Å². The van der Waals surface area contributed by atoms with Gasteiger partial charge in [-0.25, -0.2) is 0 Å². The molecule has 1 aromatic carbocycles. The first kappa shape index (κ1) is 18.0. The van der Waals surface area contributed by atoms with E-state index in [2.05, 4.69) is 44.3 Å². The molecule has 1 N–H and O–H groups in total. The lowest BCUT2D eigenvalue weighted by molar-refractivity contribution is 0.315. The van der Waals surface area contributed by atoms with Crippen LogP contribution in [0.5, 0.6) is 5.75 Å². The summed E-state index contributed by atoms with van der Waals surface area (Å²) in [5, 5.41) is 3.77. The van der Waals surface area contributed by atoms with Crippen LogP contribution in [-0.4, -0.2) is 19.7 Å². The van der Waals surface area contributed by atoms with Gasteiger partial charge < -0.3 is 10.1 Å². The average molecular weight is 291 g/mol. The first-order chi connectivity index (χ1) is 10.2. The summed E-state index contributed by atoms with van der Waals surface area (Å²) in [5.41, 5.74) is 1.37. The van der Waals surface area contributed by atoms with Crippen LogP contribution in [-0.2, 0) is 6.42 Å². The predicted molar refractivity (Wildman–Crippen MR) is 92.1 cm³/mol. The van der Waals surface area contributed by atoms with Crippen molar-refractivity contribution in [2.75, 3.05) is 13.7 Å². The fraction of sp³-hybridized carbons (Fsp3) is 0.684. The van der Waals surface area contributed by atoms with Crippen LogP contribution in [0.2, 0.25) is 0 Å². The second kappa shape index (κ2) is 10.7. The number of hydrogen-bond donors (Lipinski definition) is 1. The van der Waals surface area contributed by atoms with E-state index < -0.39 is 0 Å². The van der Waals surface area contributed by atoms with Crippen molar-refractivity contribution >= 4 is 0 Å². The lowest BCUT2D eigenvalue weighted by atomic mass is 9.87. The fourth-order valence-corrected chi connectivity index (χ4v) is 2.94. The second-order valence-corrected chi connectivity index (χ2v) is 5.93. The fourth-order valence-electron chi connectivity index (χ4n) is 2.94. The first-order valence-corrected chi connectivity index (χ1v) is 8.61. The molecular formula is C19H33NO. The summed E-state index contributed by atoms with van der Waals surface area (Å²) < 4.78 is 5.35. The summed E-state index contributed by atoms with van der Waals surface area (Å²) in [4.78, 5) is 0. The number of unbranched alkanes of at least 4 members (excludes halogenated alkanes) is 1. The van der Waals surface area contributed by atoms with Crippen LogP contribution in [0, 0.1) is 5.92 Å². The maximum absolute atomic E-state index is 5.35. The molecule has 21 heavy (non-hydrogen) atoms. The number of nitrogens with one attached hydrogen (secondary N) is 1. The average Bonchev–Trinajstić information content (AvgIpc) is 2.53. The molecule has 1 rings (SSSR count). The quantitative estimate of drug-likeness (QED) is 0.631. The van der Waals surface area contributed by atoms with Gasteiger partial charge in [0.05, 0.1) is 7.11 Å². The molecule has 2 atom stereocenters. The zero-order valence-electron chi connectivity index (χ0n) is 14.3. The van der Waals surface area contributed by atoms with Gasteiger partial charge in [0.25, 0.3) is 0 Å².